The fraction of sp³-hybridized carbons (Fsp3) is 0.368. The molecule has 25 heavy (non-hydrogen) atoms. The monoisotopic (exact) mass is 341 g/mol. The van der Waals surface area contributed by atoms with Crippen molar-refractivity contribution in [3.63, 3.8) is 0 Å². The molecule has 2 aromatic rings. The molecule has 6 nitrogen and oxygen atoms in total. The van der Waals surface area contributed by atoms with Gasteiger partial charge in [0.1, 0.15) is 0 Å². The number of rotatable bonds is 5. The standard InChI is InChI=1S/C19H19NO5/c1-11-7-15(12(2)20(11)14-4-5-14)19(22)23-9-16(21)13-3-6-17-18(8-13)25-10-24-17/h3,6-8,14H,4-5,9-10H2,1-2H3. The Labute approximate surface area is 145 Å². The van der Waals surface area contributed by atoms with Gasteiger partial charge in [-0.25, -0.2) is 4.79 Å². The van der Waals surface area contributed by atoms with Crippen LogP contribution in [-0.2, 0) is 4.74 Å². The number of ketones is 1. The molecule has 6 heteroatoms. The van der Waals surface area contributed by atoms with Crippen molar-refractivity contribution in [3.05, 3.63) is 46.8 Å². The van der Waals surface area contributed by atoms with Crippen LogP contribution in [0.25, 0.3) is 0 Å². The molecule has 0 atom stereocenters. The van der Waals surface area contributed by atoms with Crippen molar-refractivity contribution in [3.8, 4) is 11.5 Å². The van der Waals surface area contributed by atoms with Crippen molar-refractivity contribution in [2.24, 2.45) is 0 Å². The summed E-state index contributed by atoms with van der Waals surface area (Å²) >= 11 is 0. The van der Waals surface area contributed by atoms with Crippen LogP contribution in [0.1, 0.15) is 51.0 Å². The van der Waals surface area contributed by atoms with Crippen molar-refractivity contribution in [2.75, 3.05) is 13.4 Å². The number of carbonyl (C=O) groups excluding carboxylic acids is 2. The zero-order chi connectivity index (χ0) is 17.6. The van der Waals surface area contributed by atoms with Gasteiger partial charge in [-0.3, -0.25) is 4.79 Å². The largest absolute Gasteiger partial charge is 0.454 e. The summed E-state index contributed by atoms with van der Waals surface area (Å²) in [5, 5.41) is 0. The van der Waals surface area contributed by atoms with Crippen LogP contribution in [0.5, 0.6) is 11.5 Å². The minimum atomic E-state index is -0.464. The van der Waals surface area contributed by atoms with Crippen LogP contribution < -0.4 is 9.47 Å². The Balaban J connectivity index is 1.43. The molecule has 0 saturated heterocycles. The molecular formula is C19H19NO5. The van der Waals surface area contributed by atoms with E-state index in [0.717, 1.165) is 24.2 Å². The van der Waals surface area contributed by atoms with Gasteiger partial charge in [-0.05, 0) is 51.0 Å². The second-order valence-electron chi connectivity index (χ2n) is 6.45. The summed E-state index contributed by atoms with van der Waals surface area (Å²) in [6.45, 7) is 3.76. The first kappa shape index (κ1) is 15.7. The number of benzene rings is 1. The lowest BCUT2D eigenvalue weighted by Crippen LogP contribution is -2.15. The lowest BCUT2D eigenvalue weighted by molar-refractivity contribution is 0.0474. The molecule has 1 aliphatic heterocycles. The number of carbonyl (C=O) groups is 2. The zero-order valence-electron chi connectivity index (χ0n) is 14.2. The van der Waals surface area contributed by atoms with Gasteiger partial charge >= 0.3 is 5.97 Å². The van der Waals surface area contributed by atoms with E-state index in [0.29, 0.717) is 28.7 Å². The Morgan fingerprint density at radius 2 is 1.92 bits per heavy atom. The Kier molecular flexibility index (Phi) is 3.75. The Morgan fingerprint density at radius 3 is 2.68 bits per heavy atom. The van der Waals surface area contributed by atoms with E-state index < -0.39 is 5.97 Å². The third-order valence-corrected chi connectivity index (χ3v) is 4.65. The smallest absolute Gasteiger partial charge is 0.340 e. The van der Waals surface area contributed by atoms with E-state index in [2.05, 4.69) is 4.57 Å². The lowest BCUT2D eigenvalue weighted by atomic mass is 10.1. The minimum absolute atomic E-state index is 0.151. The normalized spacial score (nSPS) is 15.3. The maximum atomic E-state index is 12.4. The van der Waals surface area contributed by atoms with Crippen LogP contribution in [0.4, 0.5) is 0 Å². The van der Waals surface area contributed by atoms with Gasteiger partial charge in [0.2, 0.25) is 6.79 Å². The first-order chi connectivity index (χ1) is 12.0. The molecule has 0 unspecified atom stereocenters. The highest BCUT2D eigenvalue weighted by Gasteiger charge is 2.29. The third kappa shape index (κ3) is 2.88. The van der Waals surface area contributed by atoms with Crippen LogP contribution >= 0.6 is 0 Å². The molecule has 1 aromatic carbocycles. The Morgan fingerprint density at radius 1 is 1.16 bits per heavy atom. The fourth-order valence-electron chi connectivity index (χ4n) is 3.24. The molecule has 0 spiro atoms. The summed E-state index contributed by atoms with van der Waals surface area (Å²) in [5.74, 6) is 0.406. The second kappa shape index (κ2) is 5.95. The van der Waals surface area contributed by atoms with E-state index in [9.17, 15) is 9.59 Å². The molecule has 1 saturated carbocycles. The van der Waals surface area contributed by atoms with Gasteiger partial charge in [-0.2, -0.15) is 0 Å². The van der Waals surface area contributed by atoms with Crippen LogP contribution in [0.3, 0.4) is 0 Å². The molecule has 1 aliphatic carbocycles. The van der Waals surface area contributed by atoms with Gasteiger partial charge < -0.3 is 18.8 Å². The van der Waals surface area contributed by atoms with E-state index in [-0.39, 0.29) is 19.2 Å². The summed E-state index contributed by atoms with van der Waals surface area (Å²) in [6.07, 6.45) is 2.29. The number of aromatic nitrogens is 1. The SMILES string of the molecule is Cc1cc(C(=O)OCC(=O)c2ccc3c(c2)OCO3)c(C)n1C1CC1. The molecule has 0 bridgehead atoms. The van der Waals surface area contributed by atoms with Gasteiger partial charge in [0.05, 0.1) is 5.56 Å². The van der Waals surface area contributed by atoms with E-state index in [1.54, 1.807) is 18.2 Å². The second-order valence-corrected chi connectivity index (χ2v) is 6.45. The third-order valence-electron chi connectivity index (χ3n) is 4.65. The maximum absolute atomic E-state index is 12.4. The number of esters is 1. The summed E-state index contributed by atoms with van der Waals surface area (Å²) in [5.41, 5.74) is 2.91. The number of nitrogens with zero attached hydrogens (tertiary/aromatic N) is 1. The van der Waals surface area contributed by atoms with E-state index in [4.69, 9.17) is 14.2 Å². The molecule has 1 fully saturated rings. The number of ether oxygens (including phenoxy) is 3. The molecule has 2 heterocycles. The fourth-order valence-corrected chi connectivity index (χ4v) is 3.24. The number of hydrogen-bond acceptors (Lipinski definition) is 5. The van der Waals surface area contributed by atoms with Crippen LogP contribution in [0.15, 0.2) is 24.3 Å². The summed E-state index contributed by atoms with van der Waals surface area (Å²) in [4.78, 5) is 24.6. The van der Waals surface area contributed by atoms with E-state index >= 15 is 0 Å². The number of fused-ring (bicyclic) bond motifs is 1. The van der Waals surface area contributed by atoms with Crippen molar-refractivity contribution in [1.29, 1.82) is 0 Å². The summed E-state index contributed by atoms with van der Waals surface area (Å²) in [7, 11) is 0. The van der Waals surface area contributed by atoms with Crippen molar-refractivity contribution in [2.45, 2.75) is 32.7 Å². The topological polar surface area (TPSA) is 66.8 Å². The quantitative estimate of drug-likeness (QED) is 0.617. The molecule has 1 aromatic heterocycles. The maximum Gasteiger partial charge on any atom is 0.340 e. The first-order valence-corrected chi connectivity index (χ1v) is 8.33. The van der Waals surface area contributed by atoms with Crippen molar-refractivity contribution >= 4 is 11.8 Å². The van der Waals surface area contributed by atoms with E-state index in [1.165, 1.54) is 0 Å². The van der Waals surface area contributed by atoms with Gasteiger partial charge in [0.15, 0.2) is 23.9 Å². The highest BCUT2D eigenvalue weighted by molar-refractivity contribution is 6.00. The molecule has 4 rings (SSSR count). The summed E-state index contributed by atoms with van der Waals surface area (Å²) < 4.78 is 17.9. The predicted molar refractivity (Wildman–Crippen MR) is 89.4 cm³/mol. The summed E-state index contributed by atoms with van der Waals surface area (Å²) in [6, 6.07) is 7.26. The number of Topliss-reactive ketones (excluding diaryl/α,β-unsaturated/α-hetero) is 1. The molecule has 130 valence electrons. The van der Waals surface area contributed by atoms with Crippen LogP contribution in [0, 0.1) is 13.8 Å². The average Bonchev–Trinajstić information content (AvgIpc) is 3.23. The van der Waals surface area contributed by atoms with Gasteiger partial charge in [0.25, 0.3) is 0 Å². The Bertz CT molecular complexity index is 863. The Hall–Kier alpha value is -2.76. The molecule has 0 radical (unpaired) electrons. The van der Waals surface area contributed by atoms with Gasteiger partial charge in [-0.15, -0.1) is 0 Å². The minimum Gasteiger partial charge on any atom is -0.454 e. The van der Waals surface area contributed by atoms with E-state index in [1.807, 2.05) is 19.9 Å². The number of hydrogen-bond donors (Lipinski definition) is 0. The zero-order valence-corrected chi connectivity index (χ0v) is 14.2. The predicted octanol–water partition coefficient (Wildman–Crippen LogP) is 3.21. The molecule has 0 N–H and O–H groups in total. The highest BCUT2D eigenvalue weighted by Crippen LogP contribution is 2.38. The average molecular weight is 341 g/mol. The molecule has 0 amide bonds. The molecule has 2 aliphatic rings. The van der Waals surface area contributed by atoms with Crippen LogP contribution in [-0.4, -0.2) is 29.7 Å². The highest BCUT2D eigenvalue weighted by atomic mass is 16.7. The van der Waals surface area contributed by atoms with Crippen LogP contribution in [0.2, 0.25) is 0 Å². The number of aryl methyl sites for hydroxylation is 1. The van der Waals surface area contributed by atoms with Gasteiger partial charge in [-0.1, -0.05) is 0 Å². The van der Waals surface area contributed by atoms with Gasteiger partial charge in [0, 0.05) is 23.0 Å². The lowest BCUT2D eigenvalue weighted by Gasteiger charge is -2.08. The first-order valence-electron chi connectivity index (χ1n) is 8.33. The van der Waals surface area contributed by atoms with Crippen molar-refractivity contribution in [1.82, 2.24) is 4.57 Å². The van der Waals surface area contributed by atoms with Crippen molar-refractivity contribution < 1.29 is 23.8 Å². The molecular weight excluding hydrogens is 322 g/mol.